The summed E-state index contributed by atoms with van der Waals surface area (Å²) in [6, 6.07) is 5.42. The summed E-state index contributed by atoms with van der Waals surface area (Å²) >= 11 is 0. The van der Waals surface area contributed by atoms with Gasteiger partial charge in [-0.15, -0.1) is 0 Å². The molecule has 4 heteroatoms. The molecule has 0 unspecified atom stereocenters. The Balaban J connectivity index is 2.11. The minimum Gasteiger partial charge on any atom is -0.542 e. The maximum absolute atomic E-state index is 14.5. The van der Waals surface area contributed by atoms with Gasteiger partial charge in [0.05, 0.1) is 0 Å². The van der Waals surface area contributed by atoms with Gasteiger partial charge in [-0.2, -0.15) is 0 Å². The van der Waals surface area contributed by atoms with Crippen LogP contribution in [0.1, 0.15) is 57.9 Å². The maximum atomic E-state index is 14.5. The van der Waals surface area contributed by atoms with Crippen LogP contribution in [0.5, 0.6) is 5.75 Å². The van der Waals surface area contributed by atoms with E-state index in [1.54, 1.807) is 12.1 Å². The summed E-state index contributed by atoms with van der Waals surface area (Å²) in [7, 11) is -2.03. The van der Waals surface area contributed by atoms with Crippen molar-refractivity contribution in [3.8, 4) is 5.75 Å². The van der Waals surface area contributed by atoms with Crippen molar-refractivity contribution in [1.29, 1.82) is 0 Å². The summed E-state index contributed by atoms with van der Waals surface area (Å²) in [5, 5.41) is 0.0469. The molecule has 0 bridgehead atoms. The van der Waals surface area contributed by atoms with E-state index < -0.39 is 8.32 Å². The largest absolute Gasteiger partial charge is 0.542 e. The van der Waals surface area contributed by atoms with E-state index in [9.17, 15) is 9.18 Å². The first kappa shape index (κ1) is 18.2. The van der Waals surface area contributed by atoms with E-state index in [0.29, 0.717) is 11.7 Å². The second-order valence-electron chi connectivity index (χ2n) is 8.30. The highest BCUT2D eigenvalue weighted by Gasteiger charge is 2.39. The highest BCUT2D eigenvalue weighted by molar-refractivity contribution is 6.74. The third-order valence-corrected chi connectivity index (χ3v) is 9.91. The number of rotatable bonds is 4. The zero-order chi connectivity index (χ0) is 17.3. The molecule has 0 saturated heterocycles. The lowest BCUT2D eigenvalue weighted by molar-refractivity contribution is -0.111. The first-order valence-corrected chi connectivity index (χ1v) is 11.5. The molecular weight excluding hydrogens is 307 g/mol. The summed E-state index contributed by atoms with van der Waals surface area (Å²) < 4.78 is 20.6. The van der Waals surface area contributed by atoms with Crippen LogP contribution >= 0.6 is 0 Å². The van der Waals surface area contributed by atoms with Crippen LogP contribution in [-0.4, -0.2) is 14.6 Å². The zero-order valence-electron chi connectivity index (χ0n) is 15.0. The van der Waals surface area contributed by atoms with E-state index in [0.717, 1.165) is 37.5 Å². The van der Waals surface area contributed by atoms with E-state index >= 15 is 0 Å². The number of hydrogen-bond donors (Lipinski definition) is 0. The van der Waals surface area contributed by atoms with Crippen LogP contribution in [0.3, 0.4) is 0 Å². The summed E-state index contributed by atoms with van der Waals surface area (Å²) in [6.45, 7) is 10.7. The fourth-order valence-electron chi connectivity index (χ4n) is 2.87. The predicted octanol–water partition coefficient (Wildman–Crippen LogP) is 5.68. The van der Waals surface area contributed by atoms with Gasteiger partial charge >= 0.3 is 0 Å². The van der Waals surface area contributed by atoms with Gasteiger partial charge in [0.1, 0.15) is 12.0 Å². The van der Waals surface area contributed by atoms with Crippen LogP contribution < -0.4 is 4.43 Å². The molecular formula is C19H29FO2Si. The van der Waals surface area contributed by atoms with Gasteiger partial charge in [-0.25, -0.2) is 4.39 Å². The van der Waals surface area contributed by atoms with E-state index in [1.165, 1.54) is 0 Å². The van der Waals surface area contributed by atoms with Crippen molar-refractivity contribution >= 4 is 14.6 Å². The number of carbonyl (C=O) groups is 1. The van der Waals surface area contributed by atoms with Crippen LogP contribution in [0.25, 0.3) is 0 Å². The molecule has 0 heterocycles. The molecule has 1 aliphatic carbocycles. The Morgan fingerprint density at radius 2 is 1.78 bits per heavy atom. The van der Waals surface area contributed by atoms with Gasteiger partial charge in [0, 0.05) is 5.92 Å². The molecule has 2 rings (SSSR count). The van der Waals surface area contributed by atoms with Crippen LogP contribution in [-0.2, 0) is 4.79 Å². The van der Waals surface area contributed by atoms with Gasteiger partial charge in [-0.3, -0.25) is 0 Å². The van der Waals surface area contributed by atoms with Crippen molar-refractivity contribution in [3.63, 3.8) is 0 Å². The molecule has 0 aliphatic heterocycles. The SMILES string of the molecule is CC(C)(C)[Si](C)(C)Oc1ccc(C2CCC(C=O)CC2)cc1F. The van der Waals surface area contributed by atoms with E-state index in [1.807, 2.05) is 6.07 Å². The lowest BCUT2D eigenvalue weighted by atomic mass is 9.79. The molecule has 1 aliphatic rings. The van der Waals surface area contributed by atoms with E-state index in [-0.39, 0.29) is 16.8 Å². The molecule has 23 heavy (non-hydrogen) atoms. The summed E-state index contributed by atoms with van der Waals surface area (Å²) in [5.74, 6) is 0.673. The quantitative estimate of drug-likeness (QED) is 0.522. The van der Waals surface area contributed by atoms with Gasteiger partial charge in [0.2, 0.25) is 0 Å². The second-order valence-corrected chi connectivity index (χ2v) is 13.0. The normalized spacial score (nSPS) is 22.7. The highest BCUT2D eigenvalue weighted by Crippen LogP contribution is 2.40. The number of carbonyl (C=O) groups excluding carboxylic acids is 1. The summed E-state index contributed by atoms with van der Waals surface area (Å²) in [4.78, 5) is 10.8. The van der Waals surface area contributed by atoms with Crippen LogP contribution in [0.2, 0.25) is 18.1 Å². The number of benzene rings is 1. The molecule has 0 radical (unpaired) electrons. The van der Waals surface area contributed by atoms with Gasteiger partial charge in [0.25, 0.3) is 8.32 Å². The average Bonchev–Trinajstić information content (AvgIpc) is 2.48. The average molecular weight is 337 g/mol. The highest BCUT2D eigenvalue weighted by atomic mass is 28.4. The molecule has 0 spiro atoms. The van der Waals surface area contributed by atoms with Crippen molar-refractivity contribution < 1.29 is 13.6 Å². The lowest BCUT2D eigenvalue weighted by Crippen LogP contribution is -2.44. The smallest absolute Gasteiger partial charge is 0.250 e. The van der Waals surface area contributed by atoms with Crippen molar-refractivity contribution in [1.82, 2.24) is 0 Å². The van der Waals surface area contributed by atoms with Gasteiger partial charge < -0.3 is 9.22 Å². The third kappa shape index (κ3) is 4.22. The van der Waals surface area contributed by atoms with E-state index in [4.69, 9.17) is 4.43 Å². The van der Waals surface area contributed by atoms with Crippen molar-refractivity contribution in [2.75, 3.05) is 0 Å². The van der Waals surface area contributed by atoms with Crippen LogP contribution in [0.4, 0.5) is 4.39 Å². The van der Waals surface area contributed by atoms with Gasteiger partial charge in [0.15, 0.2) is 5.82 Å². The van der Waals surface area contributed by atoms with Gasteiger partial charge in [-0.1, -0.05) is 26.8 Å². The molecule has 1 fully saturated rings. The van der Waals surface area contributed by atoms with Crippen LogP contribution in [0.15, 0.2) is 18.2 Å². The molecule has 1 saturated carbocycles. The zero-order valence-corrected chi connectivity index (χ0v) is 16.0. The summed E-state index contributed by atoms with van der Waals surface area (Å²) in [5.41, 5.74) is 1.04. The Bertz CT molecular complexity index is 555. The Morgan fingerprint density at radius 3 is 2.26 bits per heavy atom. The third-order valence-electron chi connectivity index (χ3n) is 5.56. The van der Waals surface area contributed by atoms with Crippen LogP contribution in [0, 0.1) is 11.7 Å². The van der Waals surface area contributed by atoms with Crippen molar-refractivity contribution in [3.05, 3.63) is 29.6 Å². The fourth-order valence-corrected chi connectivity index (χ4v) is 3.89. The summed E-state index contributed by atoms with van der Waals surface area (Å²) in [6.07, 6.45) is 4.82. The fraction of sp³-hybridized carbons (Fsp3) is 0.632. The van der Waals surface area contributed by atoms with Crippen molar-refractivity contribution in [2.45, 2.75) is 70.5 Å². The Labute approximate surface area is 140 Å². The molecule has 0 atom stereocenters. The monoisotopic (exact) mass is 336 g/mol. The van der Waals surface area contributed by atoms with Crippen molar-refractivity contribution in [2.24, 2.45) is 5.92 Å². The first-order valence-electron chi connectivity index (χ1n) is 8.58. The minimum absolute atomic E-state index is 0.0469. The first-order chi connectivity index (χ1) is 10.6. The molecule has 1 aromatic rings. The Hall–Kier alpha value is -1.16. The Morgan fingerprint density at radius 1 is 1.17 bits per heavy atom. The molecule has 0 amide bonds. The molecule has 128 valence electrons. The topological polar surface area (TPSA) is 26.3 Å². The second kappa shape index (κ2) is 6.76. The lowest BCUT2D eigenvalue weighted by Gasteiger charge is -2.36. The molecule has 0 N–H and O–H groups in total. The molecule has 0 aromatic heterocycles. The number of halogens is 1. The maximum Gasteiger partial charge on any atom is 0.250 e. The minimum atomic E-state index is -2.03. The van der Waals surface area contributed by atoms with E-state index in [2.05, 4.69) is 33.9 Å². The predicted molar refractivity (Wildman–Crippen MR) is 95.0 cm³/mol. The standard InChI is InChI=1S/C19H29FO2Si/c1-19(2,3)23(4,5)22-18-11-10-16(12-17(18)20)15-8-6-14(13-21)7-9-15/h10-15H,6-9H2,1-5H3. The molecule has 1 aromatic carbocycles. The molecule has 2 nitrogen and oxygen atoms in total. The number of hydrogen-bond acceptors (Lipinski definition) is 2. The van der Waals surface area contributed by atoms with Gasteiger partial charge in [-0.05, 0) is 67.4 Å². The Kier molecular flexibility index (Phi) is 5.34. The number of aldehydes is 1.